The molecule has 0 spiro atoms. The molecule has 0 heterocycles. The third kappa shape index (κ3) is 2.27. The van der Waals surface area contributed by atoms with Crippen molar-refractivity contribution in [3.05, 3.63) is 30.3 Å². The smallest absolute Gasteiger partial charge is 0.234 e. The van der Waals surface area contributed by atoms with Gasteiger partial charge in [-0.2, -0.15) is 0 Å². The first kappa shape index (κ1) is 13.1. The zero-order valence-electron chi connectivity index (χ0n) is 11.3. The summed E-state index contributed by atoms with van der Waals surface area (Å²) in [4.78, 5) is 14.7. The molecule has 1 N–H and O–H groups in total. The minimum absolute atomic E-state index is 0.166. The first-order valence-electron chi connectivity index (χ1n) is 6.75. The highest BCUT2D eigenvalue weighted by Gasteiger charge is 2.45. The fourth-order valence-corrected chi connectivity index (χ4v) is 2.75. The van der Waals surface area contributed by atoms with E-state index in [0.717, 1.165) is 31.6 Å². The lowest BCUT2D eigenvalue weighted by molar-refractivity contribution is -0.132. The van der Waals surface area contributed by atoms with E-state index in [4.69, 9.17) is 0 Å². The van der Waals surface area contributed by atoms with E-state index in [1.165, 1.54) is 6.42 Å². The Morgan fingerprint density at radius 2 is 2.00 bits per heavy atom. The first-order valence-corrected chi connectivity index (χ1v) is 6.75. The van der Waals surface area contributed by atoms with Gasteiger partial charge in [-0.3, -0.25) is 4.79 Å². The number of carbonyl (C=O) groups is 1. The summed E-state index contributed by atoms with van der Waals surface area (Å²) in [6.07, 6.45) is 3.19. The van der Waals surface area contributed by atoms with Gasteiger partial charge in [0.2, 0.25) is 5.91 Å². The van der Waals surface area contributed by atoms with Gasteiger partial charge < -0.3 is 10.2 Å². The van der Waals surface area contributed by atoms with Crippen LogP contribution in [0.1, 0.15) is 26.2 Å². The molecule has 0 aliphatic heterocycles. The Balaban J connectivity index is 2.20. The fourth-order valence-electron chi connectivity index (χ4n) is 2.75. The molecular formula is C15H22N2O. The Bertz CT molecular complexity index is 398. The van der Waals surface area contributed by atoms with Gasteiger partial charge in [-0.05, 0) is 38.9 Å². The number of anilines is 1. The Morgan fingerprint density at radius 3 is 2.44 bits per heavy atom. The molecule has 0 unspecified atom stereocenters. The van der Waals surface area contributed by atoms with Gasteiger partial charge in [-0.1, -0.05) is 24.6 Å². The Morgan fingerprint density at radius 1 is 1.33 bits per heavy atom. The number of rotatable bonds is 5. The van der Waals surface area contributed by atoms with Crippen LogP contribution in [0, 0.1) is 5.41 Å². The van der Waals surface area contributed by atoms with Gasteiger partial charge in [0.1, 0.15) is 0 Å². The van der Waals surface area contributed by atoms with Crippen molar-refractivity contribution in [3.63, 3.8) is 0 Å². The number of benzene rings is 1. The third-order valence-electron chi connectivity index (χ3n) is 3.91. The van der Waals surface area contributed by atoms with E-state index in [9.17, 15) is 4.79 Å². The van der Waals surface area contributed by atoms with Gasteiger partial charge >= 0.3 is 0 Å². The molecular weight excluding hydrogens is 224 g/mol. The summed E-state index contributed by atoms with van der Waals surface area (Å²) in [5.41, 5.74) is 0.841. The van der Waals surface area contributed by atoms with Crippen LogP contribution in [0.15, 0.2) is 30.3 Å². The van der Waals surface area contributed by atoms with E-state index in [2.05, 4.69) is 5.32 Å². The second-order valence-corrected chi connectivity index (χ2v) is 5.05. The van der Waals surface area contributed by atoms with Crippen LogP contribution in [-0.2, 0) is 4.79 Å². The zero-order valence-corrected chi connectivity index (χ0v) is 11.3. The quantitative estimate of drug-likeness (QED) is 0.865. The van der Waals surface area contributed by atoms with Crippen molar-refractivity contribution in [3.8, 4) is 0 Å². The molecule has 0 atom stereocenters. The molecule has 0 radical (unpaired) electrons. The molecule has 18 heavy (non-hydrogen) atoms. The molecule has 0 bridgehead atoms. The predicted molar refractivity (Wildman–Crippen MR) is 74.7 cm³/mol. The van der Waals surface area contributed by atoms with E-state index in [1.807, 2.05) is 49.2 Å². The van der Waals surface area contributed by atoms with E-state index < -0.39 is 0 Å². The molecule has 1 fully saturated rings. The summed E-state index contributed by atoms with van der Waals surface area (Å²) < 4.78 is 0. The van der Waals surface area contributed by atoms with E-state index in [-0.39, 0.29) is 11.3 Å². The van der Waals surface area contributed by atoms with Crippen LogP contribution in [0.25, 0.3) is 0 Å². The predicted octanol–water partition coefficient (Wildman–Crippen LogP) is 2.43. The third-order valence-corrected chi connectivity index (χ3v) is 3.91. The van der Waals surface area contributed by atoms with E-state index >= 15 is 0 Å². The van der Waals surface area contributed by atoms with E-state index in [1.54, 1.807) is 0 Å². The molecule has 1 amide bonds. The van der Waals surface area contributed by atoms with Crippen molar-refractivity contribution in [2.24, 2.45) is 5.41 Å². The van der Waals surface area contributed by atoms with Crippen LogP contribution in [0.2, 0.25) is 0 Å². The number of hydrogen-bond donors (Lipinski definition) is 1. The average molecular weight is 246 g/mol. The van der Waals surface area contributed by atoms with Crippen LogP contribution in [0.3, 0.4) is 0 Å². The maximum absolute atomic E-state index is 12.8. The number of carbonyl (C=O) groups excluding carboxylic acids is 1. The molecule has 0 saturated heterocycles. The first-order chi connectivity index (χ1) is 8.73. The number of nitrogens with one attached hydrogen (secondary N) is 1. The van der Waals surface area contributed by atoms with Crippen LogP contribution >= 0.6 is 0 Å². The van der Waals surface area contributed by atoms with Crippen LogP contribution in [0.4, 0.5) is 5.69 Å². The molecule has 0 aromatic heterocycles. The molecule has 1 aromatic rings. The maximum atomic E-state index is 12.8. The lowest BCUT2D eigenvalue weighted by Gasteiger charge is -2.43. The largest absolute Gasteiger partial charge is 0.319 e. The normalized spacial score (nSPS) is 17.0. The summed E-state index contributed by atoms with van der Waals surface area (Å²) >= 11 is 0. The lowest BCUT2D eigenvalue weighted by atomic mass is 9.67. The van der Waals surface area contributed by atoms with Crippen molar-refractivity contribution < 1.29 is 4.79 Å². The highest BCUT2D eigenvalue weighted by Crippen LogP contribution is 2.42. The summed E-state index contributed by atoms with van der Waals surface area (Å²) in [6, 6.07) is 9.96. The topological polar surface area (TPSA) is 32.3 Å². The maximum Gasteiger partial charge on any atom is 0.234 e. The van der Waals surface area contributed by atoms with Crippen molar-refractivity contribution in [2.45, 2.75) is 26.2 Å². The second-order valence-electron chi connectivity index (χ2n) is 5.05. The summed E-state index contributed by atoms with van der Waals surface area (Å²) in [5.74, 6) is 0.275. The molecule has 2 rings (SSSR count). The highest BCUT2D eigenvalue weighted by molar-refractivity contribution is 5.98. The number of hydrogen-bond acceptors (Lipinski definition) is 2. The highest BCUT2D eigenvalue weighted by atomic mass is 16.2. The average Bonchev–Trinajstić information content (AvgIpc) is 2.36. The summed E-state index contributed by atoms with van der Waals surface area (Å²) in [5, 5.41) is 3.17. The van der Waals surface area contributed by atoms with Gasteiger partial charge in [0.15, 0.2) is 0 Å². The Labute approximate surface area is 109 Å². The number of para-hydroxylation sites is 1. The summed E-state index contributed by atoms with van der Waals surface area (Å²) in [7, 11) is 1.92. The molecule has 3 nitrogen and oxygen atoms in total. The van der Waals surface area contributed by atoms with Crippen LogP contribution in [-0.4, -0.2) is 26.0 Å². The Kier molecular flexibility index (Phi) is 4.02. The fraction of sp³-hybridized carbons (Fsp3) is 0.533. The second kappa shape index (κ2) is 5.53. The molecule has 1 aliphatic carbocycles. The van der Waals surface area contributed by atoms with Gasteiger partial charge in [0.05, 0.1) is 5.41 Å². The minimum Gasteiger partial charge on any atom is -0.319 e. The number of amides is 1. The minimum atomic E-state index is -0.166. The zero-order chi connectivity index (χ0) is 13.0. The van der Waals surface area contributed by atoms with Crippen LogP contribution < -0.4 is 10.2 Å². The molecule has 3 heteroatoms. The van der Waals surface area contributed by atoms with Gasteiger partial charge in [0, 0.05) is 18.8 Å². The molecule has 1 saturated carbocycles. The molecule has 98 valence electrons. The summed E-state index contributed by atoms with van der Waals surface area (Å²) in [6.45, 7) is 3.56. The van der Waals surface area contributed by atoms with E-state index in [0.29, 0.717) is 0 Å². The van der Waals surface area contributed by atoms with Crippen molar-refractivity contribution in [2.75, 3.05) is 25.0 Å². The van der Waals surface area contributed by atoms with Gasteiger partial charge in [-0.15, -0.1) is 0 Å². The number of nitrogens with zero attached hydrogens (tertiary/aromatic N) is 1. The van der Waals surface area contributed by atoms with Crippen molar-refractivity contribution >= 4 is 11.6 Å². The van der Waals surface area contributed by atoms with Crippen molar-refractivity contribution in [1.29, 1.82) is 0 Å². The molecule has 1 aliphatic rings. The van der Waals surface area contributed by atoms with Crippen LogP contribution in [0.5, 0.6) is 0 Å². The monoisotopic (exact) mass is 246 g/mol. The SMILES string of the molecule is CCN(C(=O)C1(CNC)CCC1)c1ccccc1. The Hall–Kier alpha value is -1.35. The molecule has 1 aromatic carbocycles. The van der Waals surface area contributed by atoms with Crippen molar-refractivity contribution in [1.82, 2.24) is 5.32 Å². The lowest BCUT2D eigenvalue weighted by Crippen LogP contribution is -2.52. The standard InChI is InChI=1S/C15H22N2O/c1-3-17(13-8-5-4-6-9-13)14(18)15(12-16-2)10-7-11-15/h4-6,8-9,16H,3,7,10-12H2,1-2H3. The van der Waals surface area contributed by atoms with Gasteiger partial charge in [-0.25, -0.2) is 0 Å². The van der Waals surface area contributed by atoms with Gasteiger partial charge in [0.25, 0.3) is 0 Å².